The zero-order valence-corrected chi connectivity index (χ0v) is 11.3. The molecule has 0 unspecified atom stereocenters. The Morgan fingerprint density at radius 1 is 1.15 bits per heavy atom. The summed E-state index contributed by atoms with van der Waals surface area (Å²) in [7, 11) is 1.86. The molecule has 1 aromatic carbocycles. The minimum atomic E-state index is -0.303. The second-order valence-corrected chi connectivity index (χ2v) is 4.38. The summed E-state index contributed by atoms with van der Waals surface area (Å²) in [5.41, 5.74) is 0.737. The fraction of sp³-hybridized carbons (Fsp3) is 0.267. The van der Waals surface area contributed by atoms with Crippen molar-refractivity contribution in [3.05, 3.63) is 48.0 Å². The third-order valence-corrected chi connectivity index (χ3v) is 2.85. The van der Waals surface area contributed by atoms with Crippen LogP contribution in [0.15, 0.2) is 40.8 Å². The fourth-order valence-corrected chi connectivity index (χ4v) is 1.78. The Morgan fingerprint density at radius 3 is 2.60 bits per heavy atom. The third kappa shape index (κ3) is 3.68. The van der Waals surface area contributed by atoms with Gasteiger partial charge in [0.2, 0.25) is 0 Å². The van der Waals surface area contributed by atoms with Gasteiger partial charge in [-0.2, -0.15) is 0 Å². The SMILES string of the molecule is CNCCCNC(=O)c1ccc(-c2ccc(F)cc2)o1. The highest BCUT2D eigenvalue weighted by Crippen LogP contribution is 2.22. The van der Waals surface area contributed by atoms with Crippen molar-refractivity contribution in [2.24, 2.45) is 0 Å². The van der Waals surface area contributed by atoms with E-state index in [4.69, 9.17) is 4.42 Å². The molecule has 2 N–H and O–H groups in total. The van der Waals surface area contributed by atoms with E-state index in [1.807, 2.05) is 7.05 Å². The standard InChI is InChI=1S/C15H17FN2O2/c1-17-9-2-10-18-15(19)14-8-7-13(20-14)11-3-5-12(16)6-4-11/h3-8,17H,2,9-10H2,1H3,(H,18,19). The second kappa shape index (κ2) is 6.86. The average Bonchev–Trinajstić information content (AvgIpc) is 2.94. The molecule has 2 aromatic rings. The van der Waals surface area contributed by atoms with E-state index in [2.05, 4.69) is 10.6 Å². The first kappa shape index (κ1) is 14.3. The average molecular weight is 276 g/mol. The molecule has 20 heavy (non-hydrogen) atoms. The molecular weight excluding hydrogens is 259 g/mol. The van der Waals surface area contributed by atoms with Gasteiger partial charge >= 0.3 is 0 Å². The van der Waals surface area contributed by atoms with Gasteiger partial charge in [0.05, 0.1) is 0 Å². The van der Waals surface area contributed by atoms with E-state index in [0.717, 1.165) is 18.5 Å². The Balaban J connectivity index is 1.98. The summed E-state index contributed by atoms with van der Waals surface area (Å²) in [6.45, 7) is 1.44. The van der Waals surface area contributed by atoms with Crippen molar-refractivity contribution < 1.29 is 13.6 Å². The first-order valence-corrected chi connectivity index (χ1v) is 6.49. The molecule has 0 saturated heterocycles. The van der Waals surface area contributed by atoms with Crippen LogP contribution in [0.2, 0.25) is 0 Å². The van der Waals surface area contributed by atoms with Crippen LogP contribution in [-0.2, 0) is 0 Å². The third-order valence-electron chi connectivity index (χ3n) is 2.85. The lowest BCUT2D eigenvalue weighted by Crippen LogP contribution is -2.26. The largest absolute Gasteiger partial charge is 0.451 e. The molecule has 106 valence electrons. The number of nitrogens with one attached hydrogen (secondary N) is 2. The van der Waals surface area contributed by atoms with Crippen LogP contribution in [0, 0.1) is 5.82 Å². The van der Waals surface area contributed by atoms with E-state index in [1.54, 1.807) is 24.3 Å². The van der Waals surface area contributed by atoms with Gasteiger partial charge in [0.1, 0.15) is 11.6 Å². The van der Waals surface area contributed by atoms with Gasteiger partial charge in [0, 0.05) is 12.1 Å². The number of carbonyl (C=O) groups excluding carboxylic acids is 1. The topological polar surface area (TPSA) is 54.3 Å². The monoisotopic (exact) mass is 276 g/mol. The Kier molecular flexibility index (Phi) is 4.90. The van der Waals surface area contributed by atoms with E-state index >= 15 is 0 Å². The van der Waals surface area contributed by atoms with Crippen molar-refractivity contribution >= 4 is 5.91 Å². The lowest BCUT2D eigenvalue weighted by atomic mass is 10.2. The van der Waals surface area contributed by atoms with Gasteiger partial charge in [0.25, 0.3) is 5.91 Å². The summed E-state index contributed by atoms with van der Waals surface area (Å²) < 4.78 is 18.3. The minimum absolute atomic E-state index is 0.241. The molecule has 1 amide bonds. The van der Waals surface area contributed by atoms with E-state index in [1.165, 1.54) is 12.1 Å². The van der Waals surface area contributed by atoms with E-state index in [-0.39, 0.29) is 17.5 Å². The summed E-state index contributed by atoms with van der Waals surface area (Å²) in [5, 5.41) is 5.78. The molecule has 0 atom stereocenters. The summed E-state index contributed by atoms with van der Waals surface area (Å²) in [6.07, 6.45) is 0.855. The zero-order valence-electron chi connectivity index (χ0n) is 11.3. The molecule has 1 heterocycles. The summed E-state index contributed by atoms with van der Waals surface area (Å²) in [5.74, 6) is 0.261. The smallest absolute Gasteiger partial charge is 0.287 e. The Bertz CT molecular complexity index is 564. The number of furan rings is 1. The Labute approximate surface area is 117 Å². The van der Waals surface area contributed by atoms with Gasteiger partial charge < -0.3 is 15.1 Å². The van der Waals surface area contributed by atoms with Crippen molar-refractivity contribution in [1.29, 1.82) is 0 Å². The summed E-state index contributed by atoms with van der Waals surface area (Å²) in [4.78, 5) is 11.8. The molecule has 4 nitrogen and oxygen atoms in total. The van der Waals surface area contributed by atoms with E-state index in [0.29, 0.717) is 12.3 Å². The molecular formula is C15H17FN2O2. The van der Waals surface area contributed by atoms with Gasteiger partial charge in [-0.3, -0.25) is 4.79 Å². The zero-order chi connectivity index (χ0) is 14.4. The first-order chi connectivity index (χ1) is 9.70. The minimum Gasteiger partial charge on any atom is -0.451 e. The maximum absolute atomic E-state index is 12.8. The fourth-order valence-electron chi connectivity index (χ4n) is 1.78. The van der Waals surface area contributed by atoms with Crippen molar-refractivity contribution in [3.8, 4) is 11.3 Å². The van der Waals surface area contributed by atoms with Crippen molar-refractivity contribution in [2.45, 2.75) is 6.42 Å². The molecule has 0 aliphatic rings. The number of carbonyl (C=O) groups is 1. The maximum Gasteiger partial charge on any atom is 0.287 e. The Hall–Kier alpha value is -2.14. The molecule has 1 aromatic heterocycles. The highest BCUT2D eigenvalue weighted by Gasteiger charge is 2.11. The van der Waals surface area contributed by atoms with Gasteiger partial charge in [-0.05, 0) is 56.4 Å². The number of hydrogen-bond acceptors (Lipinski definition) is 3. The molecule has 0 bridgehead atoms. The molecule has 2 rings (SSSR count). The lowest BCUT2D eigenvalue weighted by molar-refractivity contribution is 0.0926. The number of amides is 1. The van der Waals surface area contributed by atoms with Gasteiger partial charge in [-0.1, -0.05) is 0 Å². The predicted octanol–water partition coefficient (Wildman–Crippen LogP) is 2.43. The number of benzene rings is 1. The first-order valence-electron chi connectivity index (χ1n) is 6.49. The number of rotatable bonds is 6. The van der Waals surface area contributed by atoms with Crippen molar-refractivity contribution in [3.63, 3.8) is 0 Å². The highest BCUT2D eigenvalue weighted by atomic mass is 19.1. The number of halogens is 1. The lowest BCUT2D eigenvalue weighted by Gasteiger charge is -2.02. The van der Waals surface area contributed by atoms with Crippen LogP contribution >= 0.6 is 0 Å². The molecule has 0 aliphatic heterocycles. The van der Waals surface area contributed by atoms with Crippen LogP contribution in [0.3, 0.4) is 0 Å². The van der Waals surface area contributed by atoms with Gasteiger partial charge in [-0.25, -0.2) is 4.39 Å². The van der Waals surface area contributed by atoms with E-state index < -0.39 is 0 Å². The predicted molar refractivity (Wildman–Crippen MR) is 75.0 cm³/mol. The van der Waals surface area contributed by atoms with E-state index in [9.17, 15) is 9.18 Å². The molecule has 0 fully saturated rings. The van der Waals surface area contributed by atoms with Gasteiger partial charge in [0.15, 0.2) is 5.76 Å². The molecule has 0 saturated carbocycles. The van der Waals surface area contributed by atoms with Crippen molar-refractivity contribution in [1.82, 2.24) is 10.6 Å². The van der Waals surface area contributed by atoms with Crippen molar-refractivity contribution in [2.75, 3.05) is 20.1 Å². The van der Waals surface area contributed by atoms with Crippen LogP contribution in [0.25, 0.3) is 11.3 Å². The van der Waals surface area contributed by atoms with Crippen LogP contribution in [0.5, 0.6) is 0 Å². The van der Waals surface area contributed by atoms with Crippen LogP contribution in [-0.4, -0.2) is 26.0 Å². The van der Waals surface area contributed by atoms with Crippen LogP contribution in [0.1, 0.15) is 17.0 Å². The quantitative estimate of drug-likeness (QED) is 0.797. The molecule has 0 spiro atoms. The molecule has 0 radical (unpaired) electrons. The highest BCUT2D eigenvalue weighted by molar-refractivity contribution is 5.92. The maximum atomic E-state index is 12.8. The van der Waals surface area contributed by atoms with Gasteiger partial charge in [-0.15, -0.1) is 0 Å². The van der Waals surface area contributed by atoms with Crippen LogP contribution in [0.4, 0.5) is 4.39 Å². The van der Waals surface area contributed by atoms with Crippen LogP contribution < -0.4 is 10.6 Å². The molecule has 0 aliphatic carbocycles. The molecule has 5 heteroatoms. The number of hydrogen-bond donors (Lipinski definition) is 2. The Morgan fingerprint density at radius 2 is 1.90 bits per heavy atom. The second-order valence-electron chi connectivity index (χ2n) is 4.38. The normalized spacial score (nSPS) is 10.5. The summed E-state index contributed by atoms with van der Waals surface area (Å²) >= 11 is 0. The summed E-state index contributed by atoms with van der Waals surface area (Å²) in [6, 6.07) is 9.26.